The van der Waals surface area contributed by atoms with Crippen LogP contribution in [0.15, 0.2) is 60.9 Å². The van der Waals surface area contributed by atoms with E-state index in [1.54, 1.807) is 6.20 Å². The Morgan fingerprint density at radius 1 is 1.15 bits per heavy atom. The van der Waals surface area contributed by atoms with Crippen LogP contribution < -0.4 is 15.4 Å². The van der Waals surface area contributed by atoms with Crippen LogP contribution in [0.1, 0.15) is 11.1 Å². The van der Waals surface area contributed by atoms with Crippen molar-refractivity contribution >= 4 is 28.7 Å². The van der Waals surface area contributed by atoms with E-state index in [-0.39, 0.29) is 6.01 Å². The second-order valence-corrected chi connectivity index (χ2v) is 6.25. The number of hydrogen-bond donors (Lipinski definition) is 1. The summed E-state index contributed by atoms with van der Waals surface area (Å²) in [5.74, 6) is 0. The number of anilines is 2. The fourth-order valence-corrected chi connectivity index (χ4v) is 3.04. The molecule has 0 fully saturated rings. The minimum Gasteiger partial charge on any atom is -0.458 e. The third-order valence-corrected chi connectivity index (χ3v) is 4.34. The molecule has 2 aromatic carbocycles. The summed E-state index contributed by atoms with van der Waals surface area (Å²) in [7, 11) is 0. The topological polar surface area (TPSA) is 77.2 Å². The lowest BCUT2D eigenvalue weighted by Crippen LogP contribution is -2.23. The number of rotatable bonds is 4. The lowest BCUT2D eigenvalue weighted by Gasteiger charge is -2.30. The lowest BCUT2D eigenvalue weighted by molar-refractivity contribution is 0.276. The van der Waals surface area contributed by atoms with Crippen molar-refractivity contribution in [3.8, 4) is 6.01 Å². The smallest absolute Gasteiger partial charge is 0.335 e. The minimum atomic E-state index is 0.253. The van der Waals surface area contributed by atoms with Crippen LogP contribution in [0.25, 0.3) is 5.70 Å². The molecule has 2 N–H and O–H groups in total. The highest BCUT2D eigenvalue weighted by Crippen LogP contribution is 2.36. The molecule has 0 bridgehead atoms. The van der Waals surface area contributed by atoms with Crippen molar-refractivity contribution in [3.05, 3.63) is 77.1 Å². The fourth-order valence-electron chi connectivity index (χ4n) is 2.88. The number of fused-ring (bicyclic) bond motifs is 1. The molecule has 0 saturated carbocycles. The predicted molar refractivity (Wildman–Crippen MR) is 101 cm³/mol. The summed E-state index contributed by atoms with van der Waals surface area (Å²) in [4.78, 5) is 6.18. The molecule has 3 aromatic rings. The Kier molecular flexibility index (Phi) is 4.41. The molecule has 1 aromatic heterocycles. The average Bonchev–Trinajstić information content (AvgIpc) is 2.67. The van der Waals surface area contributed by atoms with E-state index in [2.05, 4.69) is 26.1 Å². The molecule has 2 heterocycles. The Balaban J connectivity index is 1.60. The number of aromatic nitrogens is 3. The van der Waals surface area contributed by atoms with Crippen LogP contribution in [0.3, 0.4) is 0 Å². The molecule has 0 atom stereocenters. The zero-order valence-electron chi connectivity index (χ0n) is 13.8. The van der Waals surface area contributed by atoms with Crippen molar-refractivity contribution in [2.75, 3.05) is 11.4 Å². The molecule has 0 aliphatic carbocycles. The molecule has 0 radical (unpaired) electrons. The standard InChI is InChI=1S/C19H16ClN5O/c20-14-4-5-16-17(21)6-9-25(18(16)11-14)15-3-1-2-13(10-15)12-26-19-22-7-8-23-24-19/h1-8,10-11H,9,12,21H2. The average molecular weight is 366 g/mol. The van der Waals surface area contributed by atoms with E-state index in [0.29, 0.717) is 18.2 Å². The van der Waals surface area contributed by atoms with Gasteiger partial charge in [-0.05, 0) is 42.0 Å². The molecule has 1 aliphatic rings. The van der Waals surface area contributed by atoms with Crippen LogP contribution in [-0.2, 0) is 6.61 Å². The van der Waals surface area contributed by atoms with Gasteiger partial charge in [0.05, 0.1) is 18.1 Å². The molecule has 0 saturated heterocycles. The summed E-state index contributed by atoms with van der Waals surface area (Å²) in [6.07, 6.45) is 5.05. The summed E-state index contributed by atoms with van der Waals surface area (Å²) in [6.45, 7) is 1.03. The molecule has 26 heavy (non-hydrogen) atoms. The highest BCUT2D eigenvalue weighted by molar-refractivity contribution is 6.31. The van der Waals surface area contributed by atoms with Gasteiger partial charge in [-0.3, -0.25) is 0 Å². The number of halogens is 1. The van der Waals surface area contributed by atoms with Crippen molar-refractivity contribution < 1.29 is 4.74 Å². The first-order valence-corrected chi connectivity index (χ1v) is 8.47. The van der Waals surface area contributed by atoms with Crippen LogP contribution in [0.2, 0.25) is 5.02 Å². The van der Waals surface area contributed by atoms with Gasteiger partial charge in [-0.25, -0.2) is 4.98 Å². The SMILES string of the molecule is NC1=CCN(c2cccc(COc3nccnn3)c2)c2cc(Cl)ccc21. The maximum absolute atomic E-state index is 6.20. The first kappa shape index (κ1) is 16.4. The van der Waals surface area contributed by atoms with E-state index in [1.165, 1.54) is 6.20 Å². The number of nitrogens with zero attached hydrogens (tertiary/aromatic N) is 4. The van der Waals surface area contributed by atoms with Crippen molar-refractivity contribution in [2.24, 2.45) is 5.73 Å². The Bertz CT molecular complexity index is 961. The fraction of sp³-hybridized carbons (Fsp3) is 0.105. The Morgan fingerprint density at radius 3 is 2.92 bits per heavy atom. The van der Waals surface area contributed by atoms with E-state index in [9.17, 15) is 0 Å². The summed E-state index contributed by atoms with van der Waals surface area (Å²) in [5, 5.41) is 8.25. The van der Waals surface area contributed by atoms with Gasteiger partial charge in [-0.15, -0.1) is 0 Å². The molecule has 6 nitrogen and oxygen atoms in total. The number of benzene rings is 2. The van der Waals surface area contributed by atoms with E-state index >= 15 is 0 Å². The Morgan fingerprint density at radius 2 is 2.08 bits per heavy atom. The molecule has 130 valence electrons. The maximum atomic E-state index is 6.20. The van der Waals surface area contributed by atoms with Crippen LogP contribution >= 0.6 is 11.6 Å². The molecule has 0 unspecified atom stereocenters. The summed E-state index contributed by atoms with van der Waals surface area (Å²) in [6, 6.07) is 14.1. The summed E-state index contributed by atoms with van der Waals surface area (Å²) < 4.78 is 5.58. The van der Waals surface area contributed by atoms with Gasteiger partial charge in [0, 0.05) is 28.5 Å². The second-order valence-electron chi connectivity index (χ2n) is 5.82. The molecular weight excluding hydrogens is 350 g/mol. The molecule has 0 spiro atoms. The van der Waals surface area contributed by atoms with Crippen molar-refractivity contribution in [2.45, 2.75) is 6.61 Å². The molecule has 0 amide bonds. The Labute approximate surface area is 155 Å². The van der Waals surface area contributed by atoms with Gasteiger partial charge in [0.1, 0.15) is 6.61 Å². The molecule has 1 aliphatic heterocycles. The lowest BCUT2D eigenvalue weighted by atomic mass is 10.0. The predicted octanol–water partition coefficient (Wildman–Crippen LogP) is 3.56. The normalized spacial score (nSPS) is 13.1. The van der Waals surface area contributed by atoms with Gasteiger partial charge < -0.3 is 15.4 Å². The van der Waals surface area contributed by atoms with E-state index in [1.807, 2.05) is 42.5 Å². The van der Waals surface area contributed by atoms with Gasteiger partial charge in [-0.2, -0.15) is 5.10 Å². The third-order valence-electron chi connectivity index (χ3n) is 4.11. The van der Waals surface area contributed by atoms with Crippen LogP contribution in [-0.4, -0.2) is 21.7 Å². The molecule has 4 rings (SSSR count). The largest absolute Gasteiger partial charge is 0.458 e. The van der Waals surface area contributed by atoms with Gasteiger partial charge in [0.2, 0.25) is 0 Å². The maximum Gasteiger partial charge on any atom is 0.335 e. The zero-order chi connectivity index (χ0) is 17.9. The summed E-state index contributed by atoms with van der Waals surface area (Å²) in [5.41, 5.74) is 10.9. The quantitative estimate of drug-likeness (QED) is 0.761. The van der Waals surface area contributed by atoms with Crippen LogP contribution in [0.5, 0.6) is 6.01 Å². The van der Waals surface area contributed by atoms with Crippen molar-refractivity contribution in [3.63, 3.8) is 0 Å². The van der Waals surface area contributed by atoms with Crippen molar-refractivity contribution in [1.29, 1.82) is 0 Å². The monoisotopic (exact) mass is 365 g/mol. The Hall–Kier alpha value is -3.12. The van der Waals surface area contributed by atoms with Gasteiger partial charge in [0.15, 0.2) is 0 Å². The number of hydrogen-bond acceptors (Lipinski definition) is 6. The van der Waals surface area contributed by atoms with Gasteiger partial charge >= 0.3 is 6.01 Å². The minimum absolute atomic E-state index is 0.253. The first-order valence-electron chi connectivity index (χ1n) is 8.09. The number of nitrogens with two attached hydrogens (primary N) is 1. The summed E-state index contributed by atoms with van der Waals surface area (Å²) >= 11 is 6.20. The van der Waals surface area contributed by atoms with Gasteiger partial charge in [-0.1, -0.05) is 28.8 Å². The molecule has 7 heteroatoms. The highest BCUT2D eigenvalue weighted by Gasteiger charge is 2.19. The van der Waals surface area contributed by atoms with E-state index in [0.717, 1.165) is 28.2 Å². The number of ether oxygens (including phenoxy) is 1. The zero-order valence-corrected chi connectivity index (χ0v) is 14.6. The molecular formula is C19H16ClN5O. The van der Waals surface area contributed by atoms with E-state index in [4.69, 9.17) is 22.1 Å². The van der Waals surface area contributed by atoms with Gasteiger partial charge in [0.25, 0.3) is 0 Å². The van der Waals surface area contributed by atoms with Crippen LogP contribution in [0, 0.1) is 0 Å². The van der Waals surface area contributed by atoms with E-state index < -0.39 is 0 Å². The second kappa shape index (κ2) is 7.01. The first-order chi connectivity index (χ1) is 12.7. The van der Waals surface area contributed by atoms with Crippen LogP contribution in [0.4, 0.5) is 11.4 Å². The third kappa shape index (κ3) is 3.32. The highest BCUT2D eigenvalue weighted by atomic mass is 35.5. The van der Waals surface area contributed by atoms with Crippen molar-refractivity contribution in [1.82, 2.24) is 15.2 Å².